The predicted molar refractivity (Wildman–Crippen MR) is 142 cm³/mol. The summed E-state index contributed by atoms with van der Waals surface area (Å²) in [5.74, 6) is -1.35. The van der Waals surface area contributed by atoms with Crippen molar-refractivity contribution in [2.75, 3.05) is 10.8 Å². The van der Waals surface area contributed by atoms with Crippen LogP contribution < -0.4 is 9.62 Å². The lowest BCUT2D eigenvalue weighted by atomic mass is 10.1. The van der Waals surface area contributed by atoms with Crippen LogP contribution in [-0.2, 0) is 26.2 Å². The average molecular weight is 526 g/mol. The van der Waals surface area contributed by atoms with Crippen LogP contribution in [0.5, 0.6) is 0 Å². The Morgan fingerprint density at radius 2 is 1.46 bits per heavy atom. The Balaban J connectivity index is 1.98. The summed E-state index contributed by atoms with van der Waals surface area (Å²) in [5, 5.41) is 2.88. The van der Waals surface area contributed by atoms with Crippen molar-refractivity contribution in [3.8, 4) is 0 Å². The SMILES string of the molecule is CC[C@@H](C)NC(=O)[C@H](C)N(Cc1ccc(F)cc1)C(=O)CN(c1ccccc1)S(=O)(=O)c1ccccc1. The number of carbonyl (C=O) groups is 2. The number of sulfonamides is 1. The number of carbonyl (C=O) groups excluding carboxylic acids is 2. The van der Waals surface area contributed by atoms with Gasteiger partial charge in [-0.1, -0.05) is 55.5 Å². The second kappa shape index (κ2) is 12.5. The fourth-order valence-corrected chi connectivity index (χ4v) is 5.11. The van der Waals surface area contributed by atoms with Gasteiger partial charge >= 0.3 is 0 Å². The van der Waals surface area contributed by atoms with E-state index < -0.39 is 34.3 Å². The largest absolute Gasteiger partial charge is 0.352 e. The van der Waals surface area contributed by atoms with E-state index in [4.69, 9.17) is 0 Å². The lowest BCUT2D eigenvalue weighted by Gasteiger charge is -2.32. The molecule has 2 atom stereocenters. The van der Waals surface area contributed by atoms with Gasteiger partial charge in [0.1, 0.15) is 18.4 Å². The minimum absolute atomic E-state index is 0.00220. The molecule has 0 bridgehead atoms. The van der Waals surface area contributed by atoms with Crippen molar-refractivity contribution in [2.45, 2.75) is 50.7 Å². The number of nitrogens with one attached hydrogen (secondary N) is 1. The highest BCUT2D eigenvalue weighted by Crippen LogP contribution is 2.24. The minimum Gasteiger partial charge on any atom is -0.352 e. The number of hydrogen-bond donors (Lipinski definition) is 1. The molecule has 0 fully saturated rings. The molecule has 3 aromatic carbocycles. The van der Waals surface area contributed by atoms with Gasteiger partial charge in [-0.2, -0.15) is 0 Å². The van der Waals surface area contributed by atoms with E-state index >= 15 is 0 Å². The Morgan fingerprint density at radius 3 is 2.03 bits per heavy atom. The van der Waals surface area contributed by atoms with Crippen molar-refractivity contribution >= 4 is 27.5 Å². The van der Waals surface area contributed by atoms with Crippen LogP contribution >= 0.6 is 0 Å². The maximum absolute atomic E-state index is 13.7. The van der Waals surface area contributed by atoms with Crippen LogP contribution in [-0.4, -0.2) is 43.8 Å². The maximum Gasteiger partial charge on any atom is 0.264 e. The van der Waals surface area contributed by atoms with Gasteiger partial charge in [0.25, 0.3) is 10.0 Å². The molecule has 0 saturated heterocycles. The zero-order chi connectivity index (χ0) is 27.0. The van der Waals surface area contributed by atoms with Crippen LogP contribution in [0.4, 0.5) is 10.1 Å². The maximum atomic E-state index is 13.7. The number of nitrogens with zero attached hydrogens (tertiary/aromatic N) is 2. The van der Waals surface area contributed by atoms with Crippen LogP contribution in [0.1, 0.15) is 32.8 Å². The molecule has 0 unspecified atom stereocenters. The van der Waals surface area contributed by atoms with Crippen molar-refractivity contribution in [3.63, 3.8) is 0 Å². The van der Waals surface area contributed by atoms with Gasteiger partial charge < -0.3 is 10.2 Å². The molecular formula is C28H32FN3O4S. The fourth-order valence-electron chi connectivity index (χ4n) is 3.68. The molecule has 3 aromatic rings. The van der Waals surface area contributed by atoms with Gasteiger partial charge in [-0.3, -0.25) is 13.9 Å². The van der Waals surface area contributed by atoms with E-state index in [1.807, 2.05) is 13.8 Å². The second-order valence-corrected chi connectivity index (χ2v) is 10.7. The number of benzene rings is 3. The molecule has 1 N–H and O–H groups in total. The summed E-state index contributed by atoms with van der Waals surface area (Å²) < 4.78 is 41.7. The van der Waals surface area contributed by atoms with E-state index in [2.05, 4.69) is 5.32 Å². The molecule has 0 aliphatic rings. The van der Waals surface area contributed by atoms with Crippen LogP contribution in [0.25, 0.3) is 0 Å². The molecule has 0 spiro atoms. The molecule has 2 amide bonds. The van der Waals surface area contributed by atoms with Crippen molar-refractivity contribution in [2.24, 2.45) is 0 Å². The standard InChI is InChI=1S/C28H32FN3O4S/c1-4-21(2)30-28(34)22(3)31(19-23-15-17-24(29)18-16-23)27(33)20-32(25-11-7-5-8-12-25)37(35,36)26-13-9-6-10-14-26/h5-18,21-22H,4,19-20H2,1-3H3,(H,30,34)/t21-,22+/m1/s1. The smallest absolute Gasteiger partial charge is 0.264 e. The van der Waals surface area contributed by atoms with E-state index in [1.165, 1.54) is 41.3 Å². The van der Waals surface area contributed by atoms with Gasteiger partial charge in [0.05, 0.1) is 10.6 Å². The Labute approximate surface area is 218 Å². The number of halogens is 1. The first kappa shape index (κ1) is 27.9. The Bertz CT molecular complexity index is 1290. The van der Waals surface area contributed by atoms with Crippen molar-refractivity contribution in [1.82, 2.24) is 10.2 Å². The quantitative estimate of drug-likeness (QED) is 0.403. The molecule has 37 heavy (non-hydrogen) atoms. The Hall–Kier alpha value is -3.72. The molecule has 0 radical (unpaired) electrons. The number of para-hydroxylation sites is 1. The molecule has 7 nitrogen and oxygen atoms in total. The molecule has 0 aromatic heterocycles. The molecule has 0 aliphatic heterocycles. The summed E-state index contributed by atoms with van der Waals surface area (Å²) >= 11 is 0. The summed E-state index contributed by atoms with van der Waals surface area (Å²) in [4.78, 5) is 28.1. The summed E-state index contributed by atoms with van der Waals surface area (Å²) in [6.45, 7) is 4.87. The molecule has 0 aliphatic carbocycles. The monoisotopic (exact) mass is 525 g/mol. The molecule has 0 heterocycles. The Kier molecular flexibility index (Phi) is 9.41. The van der Waals surface area contributed by atoms with Crippen molar-refractivity contribution in [3.05, 3.63) is 96.3 Å². The molecule has 196 valence electrons. The number of amides is 2. The zero-order valence-corrected chi connectivity index (χ0v) is 22.0. The van der Waals surface area contributed by atoms with E-state index in [-0.39, 0.29) is 23.4 Å². The third kappa shape index (κ3) is 7.16. The van der Waals surface area contributed by atoms with E-state index in [0.29, 0.717) is 17.7 Å². The van der Waals surface area contributed by atoms with Crippen LogP contribution in [0, 0.1) is 5.82 Å². The third-order valence-electron chi connectivity index (χ3n) is 6.09. The summed E-state index contributed by atoms with van der Waals surface area (Å²) in [6, 6.07) is 20.8. The Morgan fingerprint density at radius 1 is 0.892 bits per heavy atom. The van der Waals surface area contributed by atoms with Gasteiger partial charge in [0.15, 0.2) is 0 Å². The highest BCUT2D eigenvalue weighted by Gasteiger charge is 2.32. The summed E-state index contributed by atoms with van der Waals surface area (Å²) in [6.07, 6.45) is 0.710. The van der Waals surface area contributed by atoms with Gasteiger partial charge in [-0.05, 0) is 62.2 Å². The highest BCUT2D eigenvalue weighted by atomic mass is 32.2. The van der Waals surface area contributed by atoms with E-state index in [0.717, 1.165) is 4.31 Å². The van der Waals surface area contributed by atoms with Gasteiger partial charge in [-0.15, -0.1) is 0 Å². The van der Waals surface area contributed by atoms with Crippen LogP contribution in [0.3, 0.4) is 0 Å². The first-order valence-electron chi connectivity index (χ1n) is 12.1. The average Bonchev–Trinajstić information content (AvgIpc) is 2.91. The summed E-state index contributed by atoms with van der Waals surface area (Å²) in [7, 11) is -4.09. The van der Waals surface area contributed by atoms with Crippen LogP contribution in [0.2, 0.25) is 0 Å². The normalized spacial score (nSPS) is 12.9. The number of anilines is 1. The third-order valence-corrected chi connectivity index (χ3v) is 7.88. The molecule has 0 saturated carbocycles. The van der Waals surface area contributed by atoms with E-state index in [9.17, 15) is 22.4 Å². The summed E-state index contributed by atoms with van der Waals surface area (Å²) in [5.41, 5.74) is 0.924. The molecule has 3 rings (SSSR count). The first-order valence-corrected chi connectivity index (χ1v) is 13.5. The van der Waals surface area contributed by atoms with Crippen molar-refractivity contribution in [1.29, 1.82) is 0 Å². The first-order chi connectivity index (χ1) is 17.6. The number of hydrogen-bond acceptors (Lipinski definition) is 4. The van der Waals surface area contributed by atoms with Crippen LogP contribution in [0.15, 0.2) is 89.8 Å². The highest BCUT2D eigenvalue weighted by molar-refractivity contribution is 7.92. The van der Waals surface area contributed by atoms with Gasteiger partial charge in [0, 0.05) is 12.6 Å². The predicted octanol–water partition coefficient (Wildman–Crippen LogP) is 4.35. The fraction of sp³-hybridized carbons (Fsp3) is 0.286. The van der Waals surface area contributed by atoms with Gasteiger partial charge in [-0.25, -0.2) is 12.8 Å². The lowest BCUT2D eigenvalue weighted by molar-refractivity contribution is -0.139. The van der Waals surface area contributed by atoms with Gasteiger partial charge in [0.2, 0.25) is 11.8 Å². The number of rotatable bonds is 11. The van der Waals surface area contributed by atoms with E-state index in [1.54, 1.807) is 55.5 Å². The second-order valence-electron chi connectivity index (χ2n) is 8.80. The zero-order valence-electron chi connectivity index (χ0n) is 21.2. The molecule has 9 heteroatoms. The van der Waals surface area contributed by atoms with Crippen molar-refractivity contribution < 1.29 is 22.4 Å². The minimum atomic E-state index is -4.09. The lowest BCUT2D eigenvalue weighted by Crippen LogP contribution is -2.52. The molecular weight excluding hydrogens is 493 g/mol. The topological polar surface area (TPSA) is 86.8 Å².